The molecular weight excluding hydrogens is 377 g/mol. The van der Waals surface area contributed by atoms with Crippen LogP contribution in [0.2, 0.25) is 5.02 Å². The molecular formula is C12H10ClF3N2O3S2. The molecule has 2 rings (SSSR count). The highest BCUT2D eigenvalue weighted by molar-refractivity contribution is 8.00. The van der Waals surface area contributed by atoms with E-state index in [2.05, 4.69) is 17.6 Å². The molecule has 0 aliphatic rings. The van der Waals surface area contributed by atoms with Gasteiger partial charge in [-0.3, -0.25) is 9.78 Å². The van der Waals surface area contributed by atoms with Gasteiger partial charge in [0.1, 0.15) is 0 Å². The van der Waals surface area contributed by atoms with Gasteiger partial charge in [-0.15, -0.1) is 11.8 Å². The number of fused-ring (bicyclic) bond motifs is 1. The number of hydrogen-bond donors (Lipinski definition) is 4. The summed E-state index contributed by atoms with van der Waals surface area (Å²) >= 11 is 10.7. The van der Waals surface area contributed by atoms with Crippen molar-refractivity contribution in [3.05, 3.63) is 37.5 Å². The van der Waals surface area contributed by atoms with E-state index >= 15 is 0 Å². The second kappa shape index (κ2) is 6.80. The van der Waals surface area contributed by atoms with Crippen LogP contribution in [0.25, 0.3) is 10.9 Å². The van der Waals surface area contributed by atoms with Crippen LogP contribution in [0.15, 0.2) is 20.6 Å². The molecule has 1 atom stereocenters. The summed E-state index contributed by atoms with van der Waals surface area (Å²) in [6, 6.07) is 0.598. The summed E-state index contributed by atoms with van der Waals surface area (Å²) in [6.45, 7) is -0.290. The fourth-order valence-corrected chi connectivity index (χ4v) is 3.48. The van der Waals surface area contributed by atoms with Gasteiger partial charge in [0.25, 0.3) is 5.56 Å². The van der Waals surface area contributed by atoms with Crippen molar-refractivity contribution in [1.82, 2.24) is 9.97 Å². The summed E-state index contributed by atoms with van der Waals surface area (Å²) in [5.74, 6) is 0.130. The van der Waals surface area contributed by atoms with E-state index in [0.29, 0.717) is 6.07 Å². The molecule has 2 aromatic rings. The Hall–Kier alpha value is -1.10. The van der Waals surface area contributed by atoms with Gasteiger partial charge in [-0.05, 0) is 6.07 Å². The highest BCUT2D eigenvalue weighted by Gasteiger charge is 2.35. The summed E-state index contributed by atoms with van der Waals surface area (Å²) in [7, 11) is 0. The second-order valence-corrected chi connectivity index (χ2v) is 6.68. The third kappa shape index (κ3) is 3.87. The third-order valence-corrected chi connectivity index (χ3v) is 5.23. The molecule has 23 heavy (non-hydrogen) atoms. The van der Waals surface area contributed by atoms with Crippen LogP contribution in [-0.2, 0) is 6.18 Å². The Morgan fingerprint density at radius 3 is 2.57 bits per heavy atom. The molecule has 0 aliphatic carbocycles. The topological polar surface area (TPSA) is 85.9 Å². The van der Waals surface area contributed by atoms with Crippen molar-refractivity contribution in [3.8, 4) is 0 Å². The first-order valence-corrected chi connectivity index (χ1v) is 8.01. The number of H-pyrrole nitrogens is 2. The molecule has 126 valence electrons. The maximum atomic E-state index is 13.1. The molecule has 0 bridgehead atoms. The van der Waals surface area contributed by atoms with Gasteiger partial charge < -0.3 is 10.1 Å². The zero-order valence-electron chi connectivity index (χ0n) is 11.2. The Bertz CT molecular complexity index is 850. The van der Waals surface area contributed by atoms with Gasteiger partial charge >= 0.3 is 11.9 Å². The fourth-order valence-electron chi connectivity index (χ4n) is 1.83. The molecule has 0 saturated carbocycles. The summed E-state index contributed by atoms with van der Waals surface area (Å²) in [5.41, 5.74) is -3.06. The molecule has 0 saturated heterocycles. The summed E-state index contributed by atoms with van der Waals surface area (Å²) < 4.78 is 39.3. The zero-order chi connectivity index (χ0) is 17.4. The van der Waals surface area contributed by atoms with Crippen molar-refractivity contribution in [2.75, 3.05) is 12.4 Å². The monoisotopic (exact) mass is 386 g/mol. The Morgan fingerprint density at radius 2 is 2.00 bits per heavy atom. The first kappa shape index (κ1) is 18.2. The Morgan fingerprint density at radius 1 is 1.35 bits per heavy atom. The third-order valence-electron chi connectivity index (χ3n) is 2.87. The first-order valence-electron chi connectivity index (χ1n) is 6.13. The minimum absolute atomic E-state index is 0.0831. The summed E-state index contributed by atoms with van der Waals surface area (Å²) in [4.78, 5) is 27.3. The number of aromatic nitrogens is 2. The maximum absolute atomic E-state index is 13.1. The zero-order valence-corrected chi connectivity index (χ0v) is 13.7. The molecule has 0 aliphatic heterocycles. The van der Waals surface area contributed by atoms with Gasteiger partial charge in [-0.25, -0.2) is 4.79 Å². The number of thiol groups is 1. The lowest BCUT2D eigenvalue weighted by Crippen LogP contribution is -2.23. The number of halogens is 4. The lowest BCUT2D eigenvalue weighted by atomic mass is 10.1. The molecule has 1 aromatic heterocycles. The highest BCUT2D eigenvalue weighted by Crippen LogP contribution is 2.42. The number of aromatic amines is 2. The number of benzene rings is 1. The Balaban J connectivity index is 2.76. The number of aliphatic hydroxyl groups excluding tert-OH is 1. The smallest absolute Gasteiger partial charge is 0.395 e. The minimum Gasteiger partial charge on any atom is -0.395 e. The van der Waals surface area contributed by atoms with Gasteiger partial charge in [0, 0.05) is 11.0 Å². The van der Waals surface area contributed by atoms with Gasteiger partial charge in [0.2, 0.25) is 0 Å². The Kier molecular flexibility index (Phi) is 5.39. The number of hydrogen-bond acceptors (Lipinski definition) is 5. The van der Waals surface area contributed by atoms with Crippen molar-refractivity contribution in [3.63, 3.8) is 0 Å². The SMILES string of the molecule is O=c1[nH]c(=O)c2cc(C(F)(F)F)c(Cl)c(SCC(S)CO)c2[nH]1. The van der Waals surface area contributed by atoms with E-state index in [1.165, 1.54) is 0 Å². The molecule has 0 amide bonds. The Labute approximate surface area is 141 Å². The van der Waals surface area contributed by atoms with Crippen LogP contribution < -0.4 is 11.2 Å². The van der Waals surface area contributed by atoms with Crippen LogP contribution >= 0.6 is 36.0 Å². The molecule has 1 heterocycles. The van der Waals surface area contributed by atoms with Crippen LogP contribution in [0.4, 0.5) is 13.2 Å². The molecule has 11 heteroatoms. The standard InChI is InChI=1S/C12H10ClF3N2O3S2/c13-7-6(12(14,15)16)1-5-8(17-11(21)18-10(5)20)9(7)23-3-4(22)2-19/h1,4,19,22H,2-3H2,(H2,17,18,20,21). The second-order valence-electron chi connectivity index (χ2n) is 4.54. The van der Waals surface area contributed by atoms with Crippen LogP contribution in [0.3, 0.4) is 0 Å². The van der Waals surface area contributed by atoms with Crippen LogP contribution in [0.1, 0.15) is 5.56 Å². The van der Waals surface area contributed by atoms with Crippen molar-refractivity contribution < 1.29 is 18.3 Å². The van der Waals surface area contributed by atoms with E-state index in [1.54, 1.807) is 0 Å². The maximum Gasteiger partial charge on any atom is 0.417 e. The summed E-state index contributed by atoms with van der Waals surface area (Å²) in [6.07, 6.45) is -4.76. The van der Waals surface area contributed by atoms with Crippen LogP contribution in [-0.4, -0.2) is 32.7 Å². The number of thioether (sulfide) groups is 1. The van der Waals surface area contributed by atoms with Crippen LogP contribution in [0, 0.1) is 0 Å². The van der Waals surface area contributed by atoms with Gasteiger partial charge in [-0.2, -0.15) is 25.8 Å². The molecule has 0 fully saturated rings. The highest BCUT2D eigenvalue weighted by atomic mass is 35.5. The lowest BCUT2D eigenvalue weighted by Gasteiger charge is -2.15. The largest absolute Gasteiger partial charge is 0.417 e. The average molecular weight is 387 g/mol. The number of nitrogens with one attached hydrogen (secondary N) is 2. The predicted molar refractivity (Wildman–Crippen MR) is 85.8 cm³/mol. The van der Waals surface area contributed by atoms with E-state index in [-0.39, 0.29) is 28.2 Å². The molecule has 3 N–H and O–H groups in total. The van der Waals surface area contributed by atoms with E-state index in [1.807, 2.05) is 4.98 Å². The number of rotatable bonds is 4. The van der Waals surface area contributed by atoms with Gasteiger partial charge in [0.15, 0.2) is 0 Å². The number of aliphatic hydroxyl groups is 1. The molecule has 1 aromatic carbocycles. The average Bonchev–Trinajstić information content (AvgIpc) is 2.44. The van der Waals surface area contributed by atoms with E-state index in [4.69, 9.17) is 16.7 Å². The van der Waals surface area contributed by atoms with Gasteiger partial charge in [0.05, 0.1) is 33.0 Å². The molecule has 1 unspecified atom stereocenters. The van der Waals surface area contributed by atoms with Crippen molar-refractivity contribution in [2.45, 2.75) is 16.3 Å². The fraction of sp³-hybridized carbons (Fsp3) is 0.333. The van der Waals surface area contributed by atoms with E-state index in [0.717, 1.165) is 11.8 Å². The van der Waals surface area contributed by atoms with Crippen molar-refractivity contribution in [1.29, 1.82) is 0 Å². The predicted octanol–water partition coefficient (Wildman–Crippen LogP) is 2.27. The molecule has 0 radical (unpaired) electrons. The van der Waals surface area contributed by atoms with Crippen molar-refractivity contribution >= 4 is 46.9 Å². The number of alkyl halides is 3. The lowest BCUT2D eigenvalue weighted by molar-refractivity contribution is -0.137. The molecule has 0 spiro atoms. The quantitative estimate of drug-likeness (QED) is 0.479. The normalized spacial score (nSPS) is 13.5. The van der Waals surface area contributed by atoms with Gasteiger partial charge in [-0.1, -0.05) is 11.6 Å². The summed E-state index contributed by atoms with van der Waals surface area (Å²) in [5, 5.41) is 7.50. The van der Waals surface area contributed by atoms with Crippen molar-refractivity contribution in [2.24, 2.45) is 0 Å². The van der Waals surface area contributed by atoms with E-state index in [9.17, 15) is 22.8 Å². The molecule has 5 nitrogen and oxygen atoms in total. The minimum atomic E-state index is -4.76. The van der Waals surface area contributed by atoms with Crippen LogP contribution in [0.5, 0.6) is 0 Å². The van der Waals surface area contributed by atoms with E-state index < -0.39 is 33.3 Å². The first-order chi connectivity index (χ1) is 10.6.